The van der Waals surface area contributed by atoms with Gasteiger partial charge in [-0.15, -0.1) is 0 Å². The maximum atomic E-state index is 6.33. The van der Waals surface area contributed by atoms with Gasteiger partial charge in [-0.1, -0.05) is 47.3 Å². The summed E-state index contributed by atoms with van der Waals surface area (Å²) in [5.74, 6) is 0.558. The van der Waals surface area contributed by atoms with Crippen molar-refractivity contribution in [2.45, 2.75) is 32.1 Å². The summed E-state index contributed by atoms with van der Waals surface area (Å²) in [5, 5.41) is 1.51. The molecule has 0 saturated carbocycles. The van der Waals surface area contributed by atoms with Gasteiger partial charge >= 0.3 is 0 Å². The van der Waals surface area contributed by atoms with E-state index in [1.54, 1.807) is 6.07 Å². The molecule has 0 unspecified atom stereocenters. The molecule has 1 aromatic heterocycles. The smallest absolute Gasteiger partial charge is 0.162 e. The quantitative estimate of drug-likeness (QED) is 0.519. The molecule has 1 heterocycles. The molecule has 0 fully saturated rings. The minimum absolute atomic E-state index is 0.471. The maximum Gasteiger partial charge on any atom is 0.162 e. The molecule has 0 N–H and O–H groups in total. The zero-order chi connectivity index (χ0) is 14.1. The normalized spacial score (nSPS) is 14.8. The van der Waals surface area contributed by atoms with E-state index < -0.39 is 0 Å². The summed E-state index contributed by atoms with van der Waals surface area (Å²) < 4.78 is 0. The highest BCUT2D eigenvalue weighted by Crippen LogP contribution is 2.34. The highest BCUT2D eigenvalue weighted by molar-refractivity contribution is 6.43. The lowest BCUT2D eigenvalue weighted by atomic mass is 10.1. The fourth-order valence-corrected chi connectivity index (χ4v) is 3.19. The van der Waals surface area contributed by atoms with Crippen molar-refractivity contribution < 1.29 is 0 Å². The fraction of sp³-hybridized carbons (Fsp3) is 0.333. The maximum absolute atomic E-state index is 6.33. The van der Waals surface area contributed by atoms with Crippen LogP contribution >= 0.6 is 34.8 Å². The first-order valence-corrected chi connectivity index (χ1v) is 7.80. The zero-order valence-corrected chi connectivity index (χ0v) is 13.1. The average Bonchev–Trinajstić information content (AvgIpc) is 2.67. The van der Waals surface area contributed by atoms with Crippen LogP contribution in [0.5, 0.6) is 0 Å². The third-order valence-electron chi connectivity index (χ3n) is 3.58. The van der Waals surface area contributed by atoms with E-state index in [2.05, 4.69) is 9.97 Å². The molecule has 1 aliphatic rings. The van der Waals surface area contributed by atoms with Crippen molar-refractivity contribution in [3.8, 4) is 11.4 Å². The molecule has 0 radical (unpaired) electrons. The van der Waals surface area contributed by atoms with Crippen LogP contribution in [0.1, 0.15) is 30.5 Å². The number of nitrogens with zero attached hydrogens (tertiary/aromatic N) is 2. The van der Waals surface area contributed by atoms with Crippen molar-refractivity contribution in [3.05, 3.63) is 44.7 Å². The molecular weight excluding hydrogens is 315 g/mol. The lowest BCUT2D eigenvalue weighted by Crippen LogP contribution is -2.02. The molecule has 2 nitrogen and oxygen atoms in total. The average molecular weight is 328 g/mol. The van der Waals surface area contributed by atoms with Crippen molar-refractivity contribution in [1.29, 1.82) is 0 Å². The molecule has 3 rings (SSSR count). The van der Waals surface area contributed by atoms with Crippen LogP contribution in [0.2, 0.25) is 15.2 Å². The lowest BCUT2D eigenvalue weighted by Gasteiger charge is -2.11. The monoisotopic (exact) mass is 326 g/mol. The van der Waals surface area contributed by atoms with Crippen LogP contribution in [-0.4, -0.2) is 9.97 Å². The van der Waals surface area contributed by atoms with Gasteiger partial charge in [0.25, 0.3) is 0 Å². The second kappa shape index (κ2) is 5.88. The largest absolute Gasteiger partial charge is 0.233 e. The van der Waals surface area contributed by atoms with Crippen LogP contribution in [0.15, 0.2) is 18.2 Å². The molecule has 1 aliphatic carbocycles. The van der Waals surface area contributed by atoms with E-state index in [4.69, 9.17) is 34.8 Å². The van der Waals surface area contributed by atoms with Gasteiger partial charge in [0, 0.05) is 16.8 Å². The summed E-state index contributed by atoms with van der Waals surface area (Å²) in [6.07, 6.45) is 5.40. The highest BCUT2D eigenvalue weighted by atomic mass is 35.5. The van der Waals surface area contributed by atoms with Gasteiger partial charge in [-0.3, -0.25) is 0 Å². The van der Waals surface area contributed by atoms with Crippen molar-refractivity contribution in [2.75, 3.05) is 0 Å². The van der Waals surface area contributed by atoms with Gasteiger partial charge in [-0.2, -0.15) is 0 Å². The second-order valence-electron chi connectivity index (χ2n) is 4.93. The van der Waals surface area contributed by atoms with Crippen LogP contribution in [-0.2, 0) is 12.8 Å². The first kappa shape index (κ1) is 14.1. The number of fused-ring (bicyclic) bond motifs is 1. The van der Waals surface area contributed by atoms with Gasteiger partial charge in [0.15, 0.2) is 5.82 Å². The van der Waals surface area contributed by atoms with Crippen LogP contribution < -0.4 is 0 Å². The number of halogens is 3. The Kier molecular flexibility index (Phi) is 4.16. The van der Waals surface area contributed by atoms with Crippen molar-refractivity contribution in [2.24, 2.45) is 0 Å². The molecule has 2 aromatic rings. The Balaban J connectivity index is 2.13. The predicted octanol–water partition coefficient (Wildman–Crippen LogP) is 5.37. The number of benzene rings is 1. The van der Waals surface area contributed by atoms with Gasteiger partial charge < -0.3 is 0 Å². The molecule has 0 amide bonds. The topological polar surface area (TPSA) is 25.8 Å². The highest BCUT2D eigenvalue weighted by Gasteiger charge is 2.18. The van der Waals surface area contributed by atoms with Gasteiger partial charge in [0.05, 0.1) is 10.0 Å². The summed E-state index contributed by atoms with van der Waals surface area (Å²) in [7, 11) is 0. The van der Waals surface area contributed by atoms with Crippen LogP contribution in [0.3, 0.4) is 0 Å². The van der Waals surface area contributed by atoms with Gasteiger partial charge in [0.2, 0.25) is 0 Å². The molecule has 0 saturated heterocycles. The summed E-state index contributed by atoms with van der Waals surface area (Å²) in [6, 6.07) is 5.45. The van der Waals surface area contributed by atoms with Crippen molar-refractivity contribution in [3.63, 3.8) is 0 Å². The van der Waals surface area contributed by atoms with Gasteiger partial charge in [-0.25, -0.2) is 9.97 Å². The number of hydrogen-bond acceptors (Lipinski definition) is 2. The Morgan fingerprint density at radius 2 is 1.70 bits per heavy atom. The first-order valence-electron chi connectivity index (χ1n) is 6.66. The lowest BCUT2D eigenvalue weighted by molar-refractivity contribution is 0.709. The minimum atomic E-state index is 0.471. The molecule has 0 atom stereocenters. The van der Waals surface area contributed by atoms with Crippen molar-refractivity contribution >= 4 is 34.8 Å². The van der Waals surface area contributed by atoms with E-state index in [0.29, 0.717) is 21.0 Å². The van der Waals surface area contributed by atoms with E-state index in [1.165, 1.54) is 6.42 Å². The Labute approximate surface area is 133 Å². The Morgan fingerprint density at radius 1 is 0.900 bits per heavy atom. The van der Waals surface area contributed by atoms with E-state index in [1.807, 2.05) is 12.1 Å². The second-order valence-corrected chi connectivity index (χ2v) is 6.07. The molecule has 20 heavy (non-hydrogen) atoms. The first-order chi connectivity index (χ1) is 9.66. The summed E-state index contributed by atoms with van der Waals surface area (Å²) >= 11 is 18.6. The van der Waals surface area contributed by atoms with Crippen LogP contribution in [0.4, 0.5) is 0 Å². The third-order valence-corrected chi connectivity index (χ3v) is 4.71. The number of hydrogen-bond donors (Lipinski definition) is 0. The van der Waals surface area contributed by atoms with Crippen molar-refractivity contribution in [1.82, 2.24) is 9.97 Å². The summed E-state index contributed by atoms with van der Waals surface area (Å²) in [5.41, 5.74) is 2.87. The van der Waals surface area contributed by atoms with E-state index in [-0.39, 0.29) is 0 Å². The molecule has 0 spiro atoms. The minimum Gasteiger partial charge on any atom is -0.233 e. The molecular formula is C15H13Cl3N2. The van der Waals surface area contributed by atoms with Gasteiger partial charge in [0.1, 0.15) is 5.15 Å². The van der Waals surface area contributed by atoms with E-state index in [0.717, 1.165) is 42.5 Å². The molecule has 1 aromatic carbocycles. The standard InChI is InChI=1S/C15H13Cl3N2/c16-11-7-4-6-10(13(11)17)15-19-12-8-3-1-2-5-9(12)14(18)20-15/h4,6-7H,1-3,5,8H2. The molecule has 104 valence electrons. The SMILES string of the molecule is Clc1cccc(-c2nc(Cl)c3c(n2)CCCCC3)c1Cl. The van der Waals surface area contributed by atoms with E-state index in [9.17, 15) is 0 Å². The summed E-state index contributed by atoms with van der Waals surface area (Å²) in [6.45, 7) is 0. The Bertz CT molecular complexity index is 656. The zero-order valence-electron chi connectivity index (χ0n) is 10.8. The van der Waals surface area contributed by atoms with E-state index >= 15 is 0 Å². The summed E-state index contributed by atoms with van der Waals surface area (Å²) in [4.78, 5) is 9.08. The Morgan fingerprint density at radius 3 is 2.55 bits per heavy atom. The number of rotatable bonds is 1. The molecule has 0 aliphatic heterocycles. The van der Waals surface area contributed by atoms with Gasteiger partial charge in [-0.05, 0) is 37.8 Å². The number of aromatic nitrogens is 2. The molecule has 5 heteroatoms. The Hall–Kier alpha value is -0.830. The molecule has 0 bridgehead atoms. The number of aryl methyl sites for hydroxylation is 1. The predicted molar refractivity (Wildman–Crippen MR) is 83.8 cm³/mol. The third kappa shape index (κ3) is 2.65. The van der Waals surface area contributed by atoms with Crippen LogP contribution in [0, 0.1) is 0 Å². The fourth-order valence-electron chi connectivity index (χ4n) is 2.52. The van der Waals surface area contributed by atoms with Crippen LogP contribution in [0.25, 0.3) is 11.4 Å².